The first-order chi connectivity index (χ1) is 12.2. The van der Waals surface area contributed by atoms with Gasteiger partial charge in [0.1, 0.15) is 11.0 Å². The summed E-state index contributed by atoms with van der Waals surface area (Å²) in [6.07, 6.45) is 11.3. The van der Waals surface area contributed by atoms with Crippen molar-refractivity contribution in [1.29, 1.82) is 0 Å². The molecular formula is C19H23ClN4O. The van der Waals surface area contributed by atoms with Gasteiger partial charge < -0.3 is 9.64 Å². The van der Waals surface area contributed by atoms with Crippen LogP contribution in [0, 0.1) is 0 Å². The Kier molecular flexibility index (Phi) is 5.89. The molecule has 0 spiro atoms. The van der Waals surface area contributed by atoms with E-state index in [9.17, 15) is 0 Å². The van der Waals surface area contributed by atoms with Gasteiger partial charge >= 0.3 is 0 Å². The number of anilines is 1. The Labute approximate surface area is 153 Å². The highest BCUT2D eigenvalue weighted by molar-refractivity contribution is 6.29. The van der Waals surface area contributed by atoms with Crippen molar-refractivity contribution in [2.24, 2.45) is 0 Å². The van der Waals surface area contributed by atoms with Crippen molar-refractivity contribution in [3.8, 4) is 0 Å². The lowest BCUT2D eigenvalue weighted by molar-refractivity contribution is 0.122. The van der Waals surface area contributed by atoms with E-state index in [1.807, 2.05) is 29.6 Å². The number of fused-ring (bicyclic) bond motifs is 1. The molecule has 1 saturated heterocycles. The Morgan fingerprint density at radius 2 is 2.12 bits per heavy atom. The van der Waals surface area contributed by atoms with Crippen molar-refractivity contribution in [1.82, 2.24) is 14.6 Å². The van der Waals surface area contributed by atoms with Crippen molar-refractivity contribution in [2.75, 3.05) is 31.2 Å². The fourth-order valence-electron chi connectivity index (χ4n) is 2.80. The zero-order valence-electron chi connectivity index (χ0n) is 14.7. The third-order valence-electron chi connectivity index (χ3n) is 4.00. The van der Waals surface area contributed by atoms with Crippen LogP contribution in [0.4, 0.5) is 5.82 Å². The number of allylic oxidation sites excluding steroid dienone is 6. The highest BCUT2D eigenvalue weighted by atomic mass is 35.5. The molecule has 5 nitrogen and oxygen atoms in total. The molecular weight excluding hydrogens is 336 g/mol. The average molecular weight is 359 g/mol. The fourth-order valence-corrected chi connectivity index (χ4v) is 2.99. The van der Waals surface area contributed by atoms with Crippen molar-refractivity contribution in [2.45, 2.75) is 20.3 Å². The van der Waals surface area contributed by atoms with Gasteiger partial charge in [-0.15, -0.1) is 0 Å². The van der Waals surface area contributed by atoms with Crippen LogP contribution in [0.25, 0.3) is 11.2 Å². The van der Waals surface area contributed by atoms with Gasteiger partial charge in [-0.1, -0.05) is 48.9 Å². The summed E-state index contributed by atoms with van der Waals surface area (Å²) in [4.78, 5) is 6.66. The summed E-state index contributed by atoms with van der Waals surface area (Å²) in [7, 11) is 0. The van der Waals surface area contributed by atoms with E-state index < -0.39 is 0 Å². The van der Waals surface area contributed by atoms with Gasteiger partial charge in [0.2, 0.25) is 0 Å². The molecule has 1 aliphatic heterocycles. The summed E-state index contributed by atoms with van der Waals surface area (Å²) in [5, 5.41) is 5.26. The van der Waals surface area contributed by atoms with Gasteiger partial charge in [-0.3, -0.25) is 0 Å². The monoisotopic (exact) mass is 358 g/mol. The fraction of sp³-hybridized carbons (Fsp3) is 0.368. The van der Waals surface area contributed by atoms with E-state index in [1.165, 1.54) is 0 Å². The minimum absolute atomic E-state index is 0.475. The third-order valence-corrected chi connectivity index (χ3v) is 4.20. The molecule has 3 rings (SSSR count). The van der Waals surface area contributed by atoms with Crippen LogP contribution in [-0.2, 0) is 4.74 Å². The molecule has 0 atom stereocenters. The maximum atomic E-state index is 6.25. The maximum absolute atomic E-state index is 6.25. The van der Waals surface area contributed by atoms with Crippen LogP contribution in [0.15, 0.2) is 42.5 Å². The molecule has 0 amide bonds. The van der Waals surface area contributed by atoms with Crippen LogP contribution in [0.5, 0.6) is 0 Å². The first-order valence-electron chi connectivity index (χ1n) is 8.62. The van der Waals surface area contributed by atoms with E-state index in [1.54, 1.807) is 0 Å². The van der Waals surface area contributed by atoms with Gasteiger partial charge in [-0.25, -0.2) is 4.98 Å². The molecule has 0 radical (unpaired) electrons. The lowest BCUT2D eigenvalue weighted by atomic mass is 10.1. The number of halogens is 1. The lowest BCUT2D eigenvalue weighted by Crippen LogP contribution is -2.37. The predicted molar refractivity (Wildman–Crippen MR) is 103 cm³/mol. The van der Waals surface area contributed by atoms with Crippen LogP contribution in [0.1, 0.15) is 26.0 Å². The van der Waals surface area contributed by atoms with E-state index in [0.717, 1.165) is 42.2 Å². The molecule has 6 heteroatoms. The standard InChI is InChI=1S/C19H23ClN4O/c1-3-5-6-8-15(7-4-2)16-13-18-21-17(20)14-19(24(18)22-16)23-9-11-25-12-10-23/h4-8,13-14H,3,9-12H2,1-2H3/b6-5+,7-4-,15-8+. The van der Waals surface area contributed by atoms with Crippen molar-refractivity contribution < 1.29 is 4.74 Å². The normalized spacial score (nSPS) is 16.6. The van der Waals surface area contributed by atoms with E-state index >= 15 is 0 Å². The second kappa shape index (κ2) is 8.32. The first kappa shape index (κ1) is 17.7. The summed E-state index contributed by atoms with van der Waals surface area (Å²) in [6.45, 7) is 7.18. The number of ether oxygens (including phenoxy) is 1. The third kappa shape index (κ3) is 4.11. The lowest BCUT2D eigenvalue weighted by Gasteiger charge is -2.28. The highest BCUT2D eigenvalue weighted by Gasteiger charge is 2.17. The number of hydrogen-bond donors (Lipinski definition) is 0. The largest absolute Gasteiger partial charge is 0.378 e. The second-order valence-electron chi connectivity index (χ2n) is 5.79. The van der Waals surface area contributed by atoms with Gasteiger partial charge in [0.25, 0.3) is 0 Å². The average Bonchev–Trinajstić information content (AvgIpc) is 3.05. The summed E-state index contributed by atoms with van der Waals surface area (Å²) in [6, 6.07) is 3.84. The summed E-state index contributed by atoms with van der Waals surface area (Å²) in [5.41, 5.74) is 2.67. The van der Waals surface area contributed by atoms with Crippen LogP contribution in [-0.4, -0.2) is 40.9 Å². The van der Waals surface area contributed by atoms with Crippen LogP contribution in [0.2, 0.25) is 5.15 Å². The van der Waals surface area contributed by atoms with Crippen LogP contribution in [0.3, 0.4) is 0 Å². The van der Waals surface area contributed by atoms with E-state index in [4.69, 9.17) is 21.4 Å². The molecule has 25 heavy (non-hydrogen) atoms. The van der Waals surface area contributed by atoms with Crippen LogP contribution < -0.4 is 4.90 Å². The molecule has 132 valence electrons. The smallest absolute Gasteiger partial charge is 0.159 e. The highest BCUT2D eigenvalue weighted by Crippen LogP contribution is 2.24. The van der Waals surface area contributed by atoms with E-state index in [2.05, 4.69) is 41.1 Å². The molecule has 0 aromatic carbocycles. The number of hydrogen-bond acceptors (Lipinski definition) is 4. The quantitative estimate of drug-likeness (QED) is 0.595. The number of rotatable bonds is 5. The van der Waals surface area contributed by atoms with Gasteiger partial charge in [0.15, 0.2) is 5.65 Å². The minimum Gasteiger partial charge on any atom is -0.378 e. The summed E-state index contributed by atoms with van der Waals surface area (Å²) >= 11 is 6.25. The molecule has 0 unspecified atom stereocenters. The van der Waals surface area contributed by atoms with Gasteiger partial charge in [0.05, 0.1) is 18.9 Å². The van der Waals surface area contributed by atoms with E-state index in [-0.39, 0.29) is 0 Å². The topological polar surface area (TPSA) is 42.7 Å². The Balaban J connectivity index is 2.06. The molecule has 0 saturated carbocycles. The van der Waals surface area contributed by atoms with Crippen LogP contribution >= 0.6 is 11.6 Å². The molecule has 0 aliphatic carbocycles. The summed E-state index contributed by atoms with van der Waals surface area (Å²) in [5.74, 6) is 0.952. The number of nitrogens with zero attached hydrogens (tertiary/aromatic N) is 4. The number of morpholine rings is 1. The van der Waals surface area contributed by atoms with Gasteiger partial charge in [0, 0.05) is 30.8 Å². The van der Waals surface area contributed by atoms with Crippen molar-refractivity contribution in [3.63, 3.8) is 0 Å². The molecule has 0 N–H and O–H groups in total. The maximum Gasteiger partial charge on any atom is 0.159 e. The summed E-state index contributed by atoms with van der Waals surface area (Å²) < 4.78 is 7.32. The Morgan fingerprint density at radius 1 is 1.32 bits per heavy atom. The van der Waals surface area contributed by atoms with Crippen molar-refractivity contribution in [3.05, 3.63) is 53.4 Å². The minimum atomic E-state index is 0.475. The molecule has 2 aromatic heterocycles. The van der Waals surface area contributed by atoms with E-state index in [0.29, 0.717) is 18.4 Å². The van der Waals surface area contributed by atoms with Crippen molar-refractivity contribution >= 4 is 28.6 Å². The van der Waals surface area contributed by atoms with Gasteiger partial charge in [-0.05, 0) is 13.3 Å². The predicted octanol–water partition coefficient (Wildman–Crippen LogP) is 4.15. The first-order valence-corrected chi connectivity index (χ1v) is 8.99. The Bertz CT molecular complexity index is 816. The number of aromatic nitrogens is 3. The Morgan fingerprint density at radius 3 is 2.84 bits per heavy atom. The zero-order chi connectivity index (χ0) is 17.6. The molecule has 1 fully saturated rings. The Hall–Kier alpha value is -2.11. The molecule has 2 aromatic rings. The van der Waals surface area contributed by atoms with Gasteiger partial charge in [-0.2, -0.15) is 9.61 Å². The molecule has 3 heterocycles. The zero-order valence-corrected chi connectivity index (χ0v) is 15.4. The molecule has 0 bridgehead atoms. The second-order valence-corrected chi connectivity index (χ2v) is 6.18. The molecule has 1 aliphatic rings. The SMILES string of the molecule is C\C=C/C(=C\C=C\CC)c1cc2nc(Cl)cc(N3CCOCC3)n2n1.